The van der Waals surface area contributed by atoms with Gasteiger partial charge >= 0.3 is 18.2 Å². The smallest absolute Gasteiger partial charge is 0.416 e. The number of alkyl halides is 5. The van der Waals surface area contributed by atoms with Crippen LogP contribution in [0.4, 0.5) is 26.7 Å². The Hall–Kier alpha value is -2.73. The van der Waals surface area contributed by atoms with Gasteiger partial charge in [-0.15, -0.1) is 11.3 Å². The van der Waals surface area contributed by atoms with Crippen LogP contribution in [0.2, 0.25) is 0 Å². The lowest BCUT2D eigenvalue weighted by atomic mass is 9.95. The van der Waals surface area contributed by atoms with Crippen LogP contribution in [0.25, 0.3) is 0 Å². The van der Waals surface area contributed by atoms with Crippen molar-refractivity contribution in [2.75, 3.05) is 13.2 Å². The minimum Gasteiger partial charge on any atom is -0.459 e. The normalized spacial score (nSPS) is 17.4. The Labute approximate surface area is 221 Å². The Morgan fingerprint density at radius 3 is 2.58 bits per heavy atom. The molecule has 0 aliphatic carbocycles. The van der Waals surface area contributed by atoms with Crippen molar-refractivity contribution in [1.29, 1.82) is 0 Å². The highest BCUT2D eigenvalue weighted by molar-refractivity contribution is 7.13. The quantitative estimate of drug-likeness (QED) is 0.253. The number of carbonyl (C=O) groups excluding carboxylic acids is 2. The number of halogens is 5. The van der Waals surface area contributed by atoms with Crippen LogP contribution in [0.3, 0.4) is 0 Å². The van der Waals surface area contributed by atoms with Crippen molar-refractivity contribution in [1.82, 2.24) is 4.90 Å². The molecule has 0 saturated carbocycles. The number of esters is 1. The molecule has 1 aliphatic rings. The Morgan fingerprint density at radius 2 is 1.89 bits per heavy atom. The number of aliphatic hydroxyl groups excluding tert-OH is 1. The first-order valence-corrected chi connectivity index (χ1v) is 13.1. The fraction of sp³-hybridized carbons (Fsp3) is 0.538. The lowest BCUT2D eigenvalue weighted by Gasteiger charge is -2.36. The summed E-state index contributed by atoms with van der Waals surface area (Å²) in [7, 11) is 0. The van der Waals surface area contributed by atoms with Gasteiger partial charge in [-0.25, -0.2) is 9.59 Å². The van der Waals surface area contributed by atoms with Gasteiger partial charge in [-0.05, 0) is 63.8 Å². The summed E-state index contributed by atoms with van der Waals surface area (Å²) in [6.45, 7) is 3.89. The molecule has 2 heterocycles. The zero-order valence-corrected chi connectivity index (χ0v) is 21.8. The summed E-state index contributed by atoms with van der Waals surface area (Å²) >= 11 is 1.29. The van der Waals surface area contributed by atoms with Crippen LogP contribution in [0, 0.1) is 0 Å². The standard InChI is InChI=1S/C26H30F5NO5S/c1-16(2)37-23(34)21-10-9-20(38-21)7-4-13-32-19(12-14-36-24(32)35)8-11-22(33)25(27,28)17-5-3-6-18(15-17)26(29,30)31/h3,5-6,9-10,15-16,19,22,33H,4,7-8,11-14H2,1-2H3/t19-,22+/m0/s1. The van der Waals surface area contributed by atoms with E-state index in [1.807, 2.05) is 0 Å². The summed E-state index contributed by atoms with van der Waals surface area (Å²) in [5.74, 6) is -4.31. The average Bonchev–Trinajstić information content (AvgIpc) is 3.32. The molecule has 0 radical (unpaired) electrons. The predicted molar refractivity (Wildman–Crippen MR) is 130 cm³/mol. The lowest BCUT2D eigenvalue weighted by Crippen LogP contribution is -2.47. The van der Waals surface area contributed by atoms with E-state index < -0.39 is 53.9 Å². The maximum atomic E-state index is 14.8. The molecule has 210 valence electrons. The first-order valence-electron chi connectivity index (χ1n) is 12.3. The Bertz CT molecular complexity index is 1100. The Kier molecular flexibility index (Phi) is 9.74. The summed E-state index contributed by atoms with van der Waals surface area (Å²) in [6, 6.07) is 5.76. The van der Waals surface area contributed by atoms with Gasteiger partial charge in [0.25, 0.3) is 5.92 Å². The molecule has 3 rings (SSSR count). The van der Waals surface area contributed by atoms with E-state index in [0.29, 0.717) is 36.3 Å². The number of carbonyl (C=O) groups is 2. The van der Waals surface area contributed by atoms with Gasteiger partial charge < -0.3 is 19.5 Å². The van der Waals surface area contributed by atoms with Crippen LogP contribution in [-0.2, 0) is 28.0 Å². The molecule has 1 amide bonds. The van der Waals surface area contributed by atoms with E-state index in [0.717, 1.165) is 17.0 Å². The van der Waals surface area contributed by atoms with Crippen molar-refractivity contribution in [2.45, 2.75) is 76.3 Å². The number of rotatable bonds is 11. The van der Waals surface area contributed by atoms with Crippen molar-refractivity contribution in [2.24, 2.45) is 0 Å². The number of hydrogen-bond donors (Lipinski definition) is 1. The van der Waals surface area contributed by atoms with Gasteiger partial charge in [-0.1, -0.05) is 12.1 Å². The fourth-order valence-electron chi connectivity index (χ4n) is 4.19. The summed E-state index contributed by atoms with van der Waals surface area (Å²) in [6.07, 6.45) is -6.80. The topological polar surface area (TPSA) is 76.1 Å². The van der Waals surface area contributed by atoms with Gasteiger partial charge in [-0.3, -0.25) is 0 Å². The second kappa shape index (κ2) is 12.4. The molecule has 1 aromatic carbocycles. The summed E-state index contributed by atoms with van der Waals surface area (Å²) in [5.41, 5.74) is -2.15. The van der Waals surface area contributed by atoms with Crippen molar-refractivity contribution in [3.8, 4) is 0 Å². The number of amides is 1. The highest BCUT2D eigenvalue weighted by Crippen LogP contribution is 2.38. The first kappa shape index (κ1) is 29.8. The van der Waals surface area contributed by atoms with Gasteiger partial charge in [0.1, 0.15) is 11.0 Å². The number of hydrogen-bond acceptors (Lipinski definition) is 6. The SMILES string of the molecule is CC(C)OC(=O)c1ccc(CCCN2C(=O)OCC[C@@H]2CC[C@@H](O)C(F)(F)c2cccc(C(F)(F)F)c2)s1. The van der Waals surface area contributed by atoms with E-state index in [1.54, 1.807) is 26.0 Å². The largest absolute Gasteiger partial charge is 0.459 e. The monoisotopic (exact) mass is 563 g/mol. The van der Waals surface area contributed by atoms with Crippen LogP contribution < -0.4 is 0 Å². The molecule has 1 aromatic heterocycles. The third-order valence-electron chi connectivity index (χ3n) is 6.15. The van der Waals surface area contributed by atoms with Gasteiger partial charge in [0.2, 0.25) is 0 Å². The number of benzene rings is 1. The minimum atomic E-state index is -4.79. The molecule has 1 aliphatic heterocycles. The molecule has 1 saturated heterocycles. The molecule has 1 fully saturated rings. The van der Waals surface area contributed by atoms with Crippen molar-refractivity contribution >= 4 is 23.4 Å². The molecule has 1 N–H and O–H groups in total. The zero-order chi connectivity index (χ0) is 28.1. The van der Waals surface area contributed by atoms with Crippen LogP contribution in [0.1, 0.15) is 65.2 Å². The van der Waals surface area contributed by atoms with E-state index in [-0.39, 0.29) is 25.7 Å². The number of ether oxygens (including phenoxy) is 2. The molecule has 0 spiro atoms. The number of aryl methyl sites for hydroxylation is 1. The molecule has 0 unspecified atom stereocenters. The molecule has 0 bridgehead atoms. The van der Waals surface area contributed by atoms with E-state index in [2.05, 4.69) is 0 Å². The highest BCUT2D eigenvalue weighted by Gasteiger charge is 2.42. The average molecular weight is 564 g/mol. The lowest BCUT2D eigenvalue weighted by molar-refractivity contribution is -0.139. The van der Waals surface area contributed by atoms with Crippen LogP contribution in [-0.4, -0.2) is 53.5 Å². The number of aliphatic hydroxyl groups is 1. The summed E-state index contributed by atoms with van der Waals surface area (Å²) < 4.78 is 78.7. The third kappa shape index (κ3) is 7.66. The maximum Gasteiger partial charge on any atom is 0.416 e. The summed E-state index contributed by atoms with van der Waals surface area (Å²) in [4.78, 5) is 27.2. The molecule has 38 heavy (non-hydrogen) atoms. The van der Waals surface area contributed by atoms with E-state index in [1.165, 1.54) is 16.2 Å². The number of cyclic esters (lactones) is 1. The van der Waals surface area contributed by atoms with E-state index in [4.69, 9.17) is 9.47 Å². The van der Waals surface area contributed by atoms with Crippen LogP contribution in [0.5, 0.6) is 0 Å². The molecule has 2 aromatic rings. The molecule has 6 nitrogen and oxygen atoms in total. The van der Waals surface area contributed by atoms with Crippen molar-refractivity contribution < 1.29 is 46.1 Å². The highest BCUT2D eigenvalue weighted by atomic mass is 32.1. The molecule has 12 heteroatoms. The third-order valence-corrected chi connectivity index (χ3v) is 7.27. The van der Waals surface area contributed by atoms with Crippen molar-refractivity contribution in [3.05, 3.63) is 57.3 Å². The molecular formula is C26H30F5NO5S. The van der Waals surface area contributed by atoms with E-state index in [9.17, 15) is 36.6 Å². The predicted octanol–water partition coefficient (Wildman–Crippen LogP) is 6.41. The second-order valence-corrected chi connectivity index (χ2v) is 10.5. The van der Waals surface area contributed by atoms with E-state index >= 15 is 0 Å². The Morgan fingerprint density at radius 1 is 1.18 bits per heavy atom. The van der Waals surface area contributed by atoms with Gasteiger partial charge in [0.05, 0.1) is 18.3 Å². The second-order valence-electron chi connectivity index (χ2n) is 9.37. The zero-order valence-electron chi connectivity index (χ0n) is 21.0. The number of nitrogens with zero attached hydrogens (tertiary/aromatic N) is 1. The van der Waals surface area contributed by atoms with Gasteiger partial charge in [-0.2, -0.15) is 22.0 Å². The van der Waals surface area contributed by atoms with Crippen LogP contribution in [0.15, 0.2) is 36.4 Å². The van der Waals surface area contributed by atoms with Gasteiger partial charge in [0.15, 0.2) is 0 Å². The first-order chi connectivity index (χ1) is 17.8. The van der Waals surface area contributed by atoms with Gasteiger partial charge in [0, 0.05) is 29.4 Å². The maximum absolute atomic E-state index is 14.8. The number of thiophene rings is 1. The Balaban J connectivity index is 1.57. The van der Waals surface area contributed by atoms with Crippen LogP contribution >= 0.6 is 11.3 Å². The fourth-order valence-corrected chi connectivity index (χ4v) is 5.12. The molecular weight excluding hydrogens is 533 g/mol. The molecule has 2 atom stereocenters. The minimum absolute atomic E-state index is 0.0228. The summed E-state index contributed by atoms with van der Waals surface area (Å²) in [5, 5.41) is 10.2. The van der Waals surface area contributed by atoms with Crippen molar-refractivity contribution in [3.63, 3.8) is 0 Å².